The summed E-state index contributed by atoms with van der Waals surface area (Å²) in [5.41, 5.74) is 0. The van der Waals surface area contributed by atoms with Crippen molar-refractivity contribution in [3.8, 4) is 0 Å². The monoisotopic (exact) mass is 291 g/mol. The van der Waals surface area contributed by atoms with E-state index in [4.69, 9.17) is 16.6 Å². The number of halogens is 1. The predicted molar refractivity (Wildman–Crippen MR) is 81.3 cm³/mol. The van der Waals surface area contributed by atoms with Crippen molar-refractivity contribution < 1.29 is 0 Å². The Labute approximate surface area is 125 Å². The SMILES string of the molecule is CC1CN(c2cc(Cl)nc(C3CC3)n2)C2CCCCC12. The minimum atomic E-state index is 0.564. The van der Waals surface area contributed by atoms with E-state index in [1.807, 2.05) is 6.07 Å². The van der Waals surface area contributed by atoms with Gasteiger partial charge in [0.05, 0.1) is 0 Å². The highest BCUT2D eigenvalue weighted by Gasteiger charge is 2.41. The van der Waals surface area contributed by atoms with Crippen LogP contribution in [0.25, 0.3) is 0 Å². The molecule has 108 valence electrons. The molecule has 1 saturated heterocycles. The molecule has 0 spiro atoms. The Morgan fingerprint density at radius 1 is 1.15 bits per heavy atom. The fourth-order valence-corrected chi connectivity index (χ4v) is 4.31. The molecule has 3 fully saturated rings. The van der Waals surface area contributed by atoms with E-state index >= 15 is 0 Å². The van der Waals surface area contributed by atoms with E-state index in [1.165, 1.54) is 38.5 Å². The summed E-state index contributed by atoms with van der Waals surface area (Å²) in [6.07, 6.45) is 7.91. The van der Waals surface area contributed by atoms with Gasteiger partial charge in [0.1, 0.15) is 16.8 Å². The van der Waals surface area contributed by atoms with Gasteiger partial charge in [-0.05, 0) is 37.5 Å². The van der Waals surface area contributed by atoms with E-state index in [9.17, 15) is 0 Å². The molecule has 0 aromatic carbocycles. The first-order chi connectivity index (χ1) is 9.72. The summed E-state index contributed by atoms with van der Waals surface area (Å²) < 4.78 is 0. The Bertz CT molecular complexity index is 514. The highest BCUT2D eigenvalue weighted by molar-refractivity contribution is 6.29. The van der Waals surface area contributed by atoms with Crippen LogP contribution in [0.4, 0.5) is 5.82 Å². The molecule has 3 atom stereocenters. The molecular formula is C16H22ClN3. The van der Waals surface area contributed by atoms with Gasteiger partial charge < -0.3 is 4.90 Å². The van der Waals surface area contributed by atoms with Gasteiger partial charge in [0.2, 0.25) is 0 Å². The van der Waals surface area contributed by atoms with Crippen LogP contribution in [-0.4, -0.2) is 22.6 Å². The van der Waals surface area contributed by atoms with E-state index < -0.39 is 0 Å². The third kappa shape index (κ3) is 2.20. The maximum atomic E-state index is 6.23. The normalized spacial score (nSPS) is 33.3. The molecule has 0 radical (unpaired) electrons. The molecule has 3 unspecified atom stereocenters. The van der Waals surface area contributed by atoms with Gasteiger partial charge in [0.15, 0.2) is 0 Å². The topological polar surface area (TPSA) is 29.0 Å². The predicted octanol–water partition coefficient (Wildman–Crippen LogP) is 4.02. The zero-order valence-corrected chi connectivity index (χ0v) is 12.8. The zero-order valence-electron chi connectivity index (χ0n) is 12.1. The van der Waals surface area contributed by atoms with Crippen LogP contribution in [0.2, 0.25) is 5.15 Å². The molecule has 3 aliphatic rings. The largest absolute Gasteiger partial charge is 0.353 e. The Balaban J connectivity index is 1.66. The minimum absolute atomic E-state index is 0.564. The second-order valence-corrected chi connectivity index (χ2v) is 7.21. The molecule has 0 bridgehead atoms. The summed E-state index contributed by atoms with van der Waals surface area (Å²) >= 11 is 6.23. The maximum Gasteiger partial charge on any atom is 0.135 e. The number of rotatable bonds is 2. The van der Waals surface area contributed by atoms with Crippen molar-refractivity contribution in [1.29, 1.82) is 0 Å². The minimum Gasteiger partial charge on any atom is -0.353 e. The van der Waals surface area contributed by atoms with Crippen molar-refractivity contribution in [2.45, 2.75) is 57.4 Å². The van der Waals surface area contributed by atoms with E-state index in [0.717, 1.165) is 30.0 Å². The van der Waals surface area contributed by atoms with Crippen molar-refractivity contribution in [1.82, 2.24) is 9.97 Å². The summed E-state index contributed by atoms with van der Waals surface area (Å²) in [7, 11) is 0. The van der Waals surface area contributed by atoms with Crippen LogP contribution in [0.1, 0.15) is 57.2 Å². The molecule has 1 aromatic heterocycles. The van der Waals surface area contributed by atoms with Gasteiger partial charge in [-0.25, -0.2) is 9.97 Å². The molecule has 1 aromatic rings. The summed E-state index contributed by atoms with van der Waals surface area (Å²) in [5, 5.41) is 0.615. The average molecular weight is 292 g/mol. The van der Waals surface area contributed by atoms with Crippen LogP contribution in [0.5, 0.6) is 0 Å². The molecule has 4 rings (SSSR count). The molecule has 0 amide bonds. The first kappa shape index (κ1) is 12.9. The van der Waals surface area contributed by atoms with Gasteiger partial charge in [-0.15, -0.1) is 0 Å². The second-order valence-electron chi connectivity index (χ2n) is 6.83. The molecule has 2 aliphatic carbocycles. The number of anilines is 1. The summed E-state index contributed by atoms with van der Waals surface area (Å²) in [5.74, 6) is 4.24. The van der Waals surface area contributed by atoms with E-state index in [1.54, 1.807) is 0 Å². The Hall–Kier alpha value is -0.830. The first-order valence-electron chi connectivity index (χ1n) is 8.03. The van der Waals surface area contributed by atoms with Crippen molar-refractivity contribution in [3.05, 3.63) is 17.0 Å². The lowest BCUT2D eigenvalue weighted by Gasteiger charge is -2.32. The fourth-order valence-electron chi connectivity index (χ4n) is 4.13. The summed E-state index contributed by atoms with van der Waals surface area (Å²) in [6, 6.07) is 2.65. The van der Waals surface area contributed by atoms with Crippen LogP contribution in [0, 0.1) is 11.8 Å². The summed E-state index contributed by atoms with van der Waals surface area (Å²) in [6.45, 7) is 3.53. The molecule has 20 heavy (non-hydrogen) atoms. The van der Waals surface area contributed by atoms with Crippen LogP contribution in [0.15, 0.2) is 6.07 Å². The quantitative estimate of drug-likeness (QED) is 0.771. The van der Waals surface area contributed by atoms with Gasteiger partial charge in [-0.2, -0.15) is 0 Å². The number of nitrogens with zero attached hydrogens (tertiary/aromatic N) is 3. The first-order valence-corrected chi connectivity index (χ1v) is 8.41. The second kappa shape index (κ2) is 4.87. The summed E-state index contributed by atoms with van der Waals surface area (Å²) in [4.78, 5) is 11.8. The highest BCUT2D eigenvalue weighted by atomic mass is 35.5. The molecule has 2 saturated carbocycles. The Kier molecular flexibility index (Phi) is 3.13. The van der Waals surface area contributed by atoms with Crippen molar-refractivity contribution in [2.24, 2.45) is 11.8 Å². The van der Waals surface area contributed by atoms with Gasteiger partial charge in [-0.1, -0.05) is 31.4 Å². The van der Waals surface area contributed by atoms with E-state index in [-0.39, 0.29) is 0 Å². The fraction of sp³-hybridized carbons (Fsp3) is 0.750. The zero-order chi connectivity index (χ0) is 13.7. The van der Waals surface area contributed by atoms with Crippen LogP contribution in [0.3, 0.4) is 0 Å². The molecule has 3 nitrogen and oxygen atoms in total. The lowest BCUT2D eigenvalue weighted by Crippen LogP contribution is -2.35. The van der Waals surface area contributed by atoms with Gasteiger partial charge in [0, 0.05) is 24.6 Å². The molecule has 4 heteroatoms. The average Bonchev–Trinajstić information content (AvgIpc) is 3.24. The Morgan fingerprint density at radius 3 is 2.75 bits per heavy atom. The van der Waals surface area contributed by atoms with Crippen LogP contribution >= 0.6 is 11.6 Å². The molecule has 0 N–H and O–H groups in total. The number of aromatic nitrogens is 2. The maximum absolute atomic E-state index is 6.23. The van der Waals surface area contributed by atoms with Crippen molar-refractivity contribution in [2.75, 3.05) is 11.4 Å². The van der Waals surface area contributed by atoms with Crippen LogP contribution in [-0.2, 0) is 0 Å². The third-order valence-corrected chi connectivity index (χ3v) is 5.53. The lowest BCUT2D eigenvalue weighted by molar-refractivity contribution is 0.293. The van der Waals surface area contributed by atoms with E-state index in [0.29, 0.717) is 17.1 Å². The molecular weight excluding hydrogens is 270 g/mol. The smallest absolute Gasteiger partial charge is 0.135 e. The highest BCUT2D eigenvalue weighted by Crippen LogP contribution is 2.43. The molecule has 1 aliphatic heterocycles. The Morgan fingerprint density at radius 2 is 1.95 bits per heavy atom. The van der Waals surface area contributed by atoms with Gasteiger partial charge >= 0.3 is 0 Å². The van der Waals surface area contributed by atoms with Crippen molar-refractivity contribution in [3.63, 3.8) is 0 Å². The number of hydrogen-bond acceptors (Lipinski definition) is 3. The number of fused-ring (bicyclic) bond motifs is 1. The van der Waals surface area contributed by atoms with Crippen LogP contribution < -0.4 is 4.90 Å². The van der Waals surface area contributed by atoms with Crippen molar-refractivity contribution >= 4 is 17.4 Å². The number of hydrogen-bond donors (Lipinski definition) is 0. The standard InChI is InChI=1S/C16H22ClN3/c1-10-9-20(13-5-3-2-4-12(10)13)15-8-14(17)18-16(19-15)11-6-7-11/h8,10-13H,2-7,9H2,1H3. The third-order valence-electron chi connectivity index (χ3n) is 5.33. The molecule has 2 heterocycles. The lowest BCUT2D eigenvalue weighted by atomic mass is 9.80. The van der Waals surface area contributed by atoms with E-state index in [2.05, 4.69) is 16.8 Å². The van der Waals surface area contributed by atoms with Gasteiger partial charge in [-0.3, -0.25) is 0 Å². The van der Waals surface area contributed by atoms with Gasteiger partial charge in [0.25, 0.3) is 0 Å².